The Labute approximate surface area is 127 Å². The molecule has 3 rings (SSSR count). The Morgan fingerprint density at radius 2 is 2.10 bits per heavy atom. The second kappa shape index (κ2) is 6.34. The number of nitrogens with one attached hydrogen (secondary N) is 1. The largest absolute Gasteiger partial charge is 0.496 e. The molecule has 1 saturated carbocycles. The van der Waals surface area contributed by atoms with E-state index in [4.69, 9.17) is 15.3 Å². The van der Waals surface area contributed by atoms with Crippen molar-refractivity contribution in [2.75, 3.05) is 13.7 Å². The molecular formula is C17H26N2O2. The van der Waals surface area contributed by atoms with E-state index in [1.54, 1.807) is 7.11 Å². The van der Waals surface area contributed by atoms with Crippen molar-refractivity contribution in [3.63, 3.8) is 0 Å². The van der Waals surface area contributed by atoms with Crippen LogP contribution in [-0.4, -0.2) is 19.3 Å². The number of nitrogens with two attached hydrogens (primary N) is 1. The van der Waals surface area contributed by atoms with Gasteiger partial charge in [0, 0.05) is 12.2 Å². The maximum Gasteiger partial charge on any atom is 0.123 e. The summed E-state index contributed by atoms with van der Waals surface area (Å²) in [5.41, 5.74) is 4.30. The van der Waals surface area contributed by atoms with Gasteiger partial charge in [0.2, 0.25) is 0 Å². The normalized spacial score (nSPS) is 25.9. The molecule has 0 amide bonds. The first kappa shape index (κ1) is 14.8. The maximum absolute atomic E-state index is 6.14. The topological polar surface area (TPSA) is 56.5 Å². The summed E-state index contributed by atoms with van der Waals surface area (Å²) in [6, 6.07) is 8.29. The zero-order valence-corrected chi connectivity index (χ0v) is 12.8. The van der Waals surface area contributed by atoms with Crippen LogP contribution in [0, 0.1) is 5.92 Å². The van der Waals surface area contributed by atoms with Gasteiger partial charge in [0.1, 0.15) is 5.75 Å². The van der Waals surface area contributed by atoms with Crippen molar-refractivity contribution in [3.8, 4) is 5.75 Å². The first-order valence-corrected chi connectivity index (χ1v) is 8.01. The lowest BCUT2D eigenvalue weighted by atomic mass is 9.78. The van der Waals surface area contributed by atoms with Crippen molar-refractivity contribution in [1.29, 1.82) is 0 Å². The van der Waals surface area contributed by atoms with Crippen LogP contribution in [0.3, 0.4) is 0 Å². The van der Waals surface area contributed by atoms with Crippen LogP contribution in [-0.2, 0) is 4.74 Å². The predicted octanol–water partition coefficient (Wildman–Crippen LogP) is 2.94. The van der Waals surface area contributed by atoms with Crippen molar-refractivity contribution in [3.05, 3.63) is 29.8 Å². The Balaban J connectivity index is 1.82. The molecule has 2 fully saturated rings. The van der Waals surface area contributed by atoms with Crippen molar-refractivity contribution in [2.45, 2.75) is 50.2 Å². The molecule has 2 unspecified atom stereocenters. The summed E-state index contributed by atoms with van der Waals surface area (Å²) in [7, 11) is 1.72. The number of para-hydroxylation sites is 1. The third kappa shape index (κ3) is 2.93. The molecule has 0 radical (unpaired) electrons. The number of benzene rings is 1. The third-order valence-corrected chi connectivity index (χ3v) is 5.17. The summed E-state index contributed by atoms with van der Waals surface area (Å²) in [5.74, 6) is 7.31. The summed E-state index contributed by atoms with van der Waals surface area (Å²) in [4.78, 5) is 0. The molecule has 2 aliphatic rings. The van der Waals surface area contributed by atoms with Crippen LogP contribution < -0.4 is 16.0 Å². The first-order valence-electron chi connectivity index (χ1n) is 8.01. The lowest BCUT2D eigenvalue weighted by Crippen LogP contribution is -2.43. The lowest BCUT2D eigenvalue weighted by Gasteiger charge is -2.41. The van der Waals surface area contributed by atoms with Gasteiger partial charge in [-0.15, -0.1) is 0 Å². The number of methoxy groups -OCH3 is 1. The minimum atomic E-state index is 0.111. The summed E-state index contributed by atoms with van der Waals surface area (Å²) < 4.78 is 11.7. The molecule has 1 spiro atoms. The molecule has 1 heterocycles. The molecule has 1 aliphatic carbocycles. The molecule has 4 heteroatoms. The van der Waals surface area contributed by atoms with Gasteiger partial charge in [0.25, 0.3) is 0 Å². The average Bonchev–Trinajstić information content (AvgIpc) is 2.96. The second-order valence-electron chi connectivity index (χ2n) is 6.38. The summed E-state index contributed by atoms with van der Waals surface area (Å²) >= 11 is 0. The monoisotopic (exact) mass is 290 g/mol. The molecule has 0 aromatic heterocycles. The second-order valence-corrected chi connectivity index (χ2v) is 6.38. The molecular weight excluding hydrogens is 264 g/mol. The number of hydrazine groups is 1. The SMILES string of the molecule is COc1ccccc1C(NN)C1CCOC2(CCCC2)C1. The van der Waals surface area contributed by atoms with Crippen molar-refractivity contribution in [2.24, 2.45) is 11.8 Å². The molecule has 4 nitrogen and oxygen atoms in total. The molecule has 1 aromatic rings. The zero-order chi connectivity index (χ0) is 14.7. The standard InChI is InChI=1S/C17H26N2O2/c1-20-15-7-3-2-6-14(15)16(19-18)13-8-11-21-17(12-13)9-4-5-10-17/h2-3,6-7,13,16,19H,4-5,8-12,18H2,1H3. The van der Waals surface area contributed by atoms with E-state index in [0.29, 0.717) is 5.92 Å². The minimum Gasteiger partial charge on any atom is -0.496 e. The van der Waals surface area contributed by atoms with E-state index in [0.717, 1.165) is 30.8 Å². The van der Waals surface area contributed by atoms with E-state index in [-0.39, 0.29) is 11.6 Å². The van der Waals surface area contributed by atoms with Gasteiger partial charge < -0.3 is 9.47 Å². The average molecular weight is 290 g/mol. The van der Waals surface area contributed by atoms with E-state index in [9.17, 15) is 0 Å². The zero-order valence-electron chi connectivity index (χ0n) is 12.8. The van der Waals surface area contributed by atoms with Gasteiger partial charge in [-0.2, -0.15) is 0 Å². The molecule has 1 aromatic carbocycles. The van der Waals surface area contributed by atoms with Gasteiger partial charge in [-0.05, 0) is 37.7 Å². The van der Waals surface area contributed by atoms with Crippen molar-refractivity contribution in [1.82, 2.24) is 5.43 Å². The number of hydrogen-bond acceptors (Lipinski definition) is 4. The highest BCUT2D eigenvalue weighted by atomic mass is 16.5. The van der Waals surface area contributed by atoms with Gasteiger partial charge >= 0.3 is 0 Å². The quantitative estimate of drug-likeness (QED) is 0.661. The number of hydrogen-bond donors (Lipinski definition) is 2. The lowest BCUT2D eigenvalue weighted by molar-refractivity contribution is -0.0983. The Hall–Kier alpha value is -1.10. The molecule has 21 heavy (non-hydrogen) atoms. The fourth-order valence-electron chi connectivity index (χ4n) is 4.12. The van der Waals surface area contributed by atoms with Crippen molar-refractivity contribution < 1.29 is 9.47 Å². The highest BCUT2D eigenvalue weighted by molar-refractivity contribution is 5.36. The minimum absolute atomic E-state index is 0.111. The van der Waals surface area contributed by atoms with E-state index in [1.165, 1.54) is 25.7 Å². The summed E-state index contributed by atoms with van der Waals surface area (Å²) in [6.07, 6.45) is 7.14. The first-order chi connectivity index (χ1) is 10.3. The molecule has 3 N–H and O–H groups in total. The summed E-state index contributed by atoms with van der Waals surface area (Å²) in [6.45, 7) is 0.845. The third-order valence-electron chi connectivity index (χ3n) is 5.17. The van der Waals surface area contributed by atoms with E-state index >= 15 is 0 Å². The van der Waals surface area contributed by atoms with E-state index in [1.807, 2.05) is 18.2 Å². The van der Waals surface area contributed by atoms with Crippen LogP contribution in [0.5, 0.6) is 5.75 Å². The Morgan fingerprint density at radius 3 is 2.81 bits per heavy atom. The van der Waals surface area contributed by atoms with Crippen LogP contribution in [0.2, 0.25) is 0 Å². The van der Waals surface area contributed by atoms with Crippen LogP contribution in [0.4, 0.5) is 0 Å². The van der Waals surface area contributed by atoms with E-state index in [2.05, 4.69) is 11.5 Å². The smallest absolute Gasteiger partial charge is 0.123 e. The fourth-order valence-corrected chi connectivity index (χ4v) is 4.12. The Bertz CT molecular complexity index is 472. The Morgan fingerprint density at radius 1 is 1.33 bits per heavy atom. The molecule has 1 saturated heterocycles. The maximum atomic E-state index is 6.14. The van der Waals surface area contributed by atoms with Crippen LogP contribution >= 0.6 is 0 Å². The van der Waals surface area contributed by atoms with E-state index < -0.39 is 0 Å². The van der Waals surface area contributed by atoms with Gasteiger partial charge in [0.15, 0.2) is 0 Å². The van der Waals surface area contributed by atoms with Gasteiger partial charge in [-0.1, -0.05) is 31.0 Å². The van der Waals surface area contributed by atoms with Gasteiger partial charge in [-0.25, -0.2) is 0 Å². The van der Waals surface area contributed by atoms with Crippen molar-refractivity contribution >= 4 is 0 Å². The van der Waals surface area contributed by atoms with Gasteiger partial charge in [0.05, 0.1) is 18.8 Å². The highest BCUT2D eigenvalue weighted by Gasteiger charge is 2.42. The molecule has 2 atom stereocenters. The number of ether oxygens (including phenoxy) is 2. The fraction of sp³-hybridized carbons (Fsp3) is 0.647. The number of rotatable bonds is 4. The van der Waals surface area contributed by atoms with Crippen LogP contribution in [0.15, 0.2) is 24.3 Å². The van der Waals surface area contributed by atoms with Crippen LogP contribution in [0.1, 0.15) is 50.1 Å². The summed E-state index contributed by atoms with van der Waals surface area (Å²) in [5, 5.41) is 0. The molecule has 1 aliphatic heterocycles. The van der Waals surface area contributed by atoms with Gasteiger partial charge in [-0.3, -0.25) is 11.3 Å². The highest BCUT2D eigenvalue weighted by Crippen LogP contribution is 2.46. The molecule has 0 bridgehead atoms. The Kier molecular flexibility index (Phi) is 4.48. The predicted molar refractivity (Wildman–Crippen MR) is 82.9 cm³/mol. The molecule has 116 valence electrons. The van der Waals surface area contributed by atoms with Crippen LogP contribution in [0.25, 0.3) is 0 Å².